The molecule has 0 spiro atoms. The third-order valence-corrected chi connectivity index (χ3v) is 7.14. The fraction of sp³-hybridized carbons (Fsp3) is 0.312. The van der Waals surface area contributed by atoms with E-state index in [4.69, 9.17) is 24.7 Å². The monoisotopic (exact) mass is 584 g/mol. The van der Waals surface area contributed by atoms with Gasteiger partial charge >= 0.3 is 0 Å². The molecule has 5 aromatic rings. The highest BCUT2D eigenvalue weighted by atomic mass is 19.1. The maximum absolute atomic E-state index is 14.5. The summed E-state index contributed by atoms with van der Waals surface area (Å²) >= 11 is 0. The van der Waals surface area contributed by atoms with Crippen LogP contribution < -0.4 is 15.2 Å². The van der Waals surface area contributed by atoms with Crippen molar-refractivity contribution in [1.29, 1.82) is 0 Å². The fourth-order valence-electron chi connectivity index (χ4n) is 4.95. The van der Waals surface area contributed by atoms with E-state index in [-0.39, 0.29) is 25.5 Å². The van der Waals surface area contributed by atoms with Gasteiger partial charge in [0.25, 0.3) is 0 Å². The lowest BCUT2D eigenvalue weighted by molar-refractivity contribution is -0.170. The van der Waals surface area contributed by atoms with Gasteiger partial charge in [-0.05, 0) is 50.8 Å². The quantitative estimate of drug-likeness (QED) is 0.193. The van der Waals surface area contributed by atoms with E-state index in [2.05, 4.69) is 38.4 Å². The Morgan fingerprint density at radius 2 is 1.77 bits per heavy atom. The van der Waals surface area contributed by atoms with Crippen LogP contribution in [0.4, 0.5) is 10.2 Å². The van der Waals surface area contributed by atoms with E-state index in [0.29, 0.717) is 28.9 Å². The minimum atomic E-state index is -0.477. The summed E-state index contributed by atoms with van der Waals surface area (Å²) in [4.78, 5) is 17.3. The van der Waals surface area contributed by atoms with Gasteiger partial charge in [0.2, 0.25) is 0 Å². The second kappa shape index (κ2) is 12.7. The molecule has 1 aliphatic heterocycles. The molecule has 222 valence electrons. The van der Waals surface area contributed by atoms with Crippen molar-refractivity contribution >= 4 is 16.9 Å². The summed E-state index contributed by atoms with van der Waals surface area (Å²) in [6, 6.07) is 11.9. The van der Waals surface area contributed by atoms with Crippen LogP contribution in [0.2, 0.25) is 0 Å². The molecule has 0 bridgehead atoms. The number of hydrogen-bond acceptors (Lipinski definition) is 9. The van der Waals surface area contributed by atoms with Crippen LogP contribution in [0.15, 0.2) is 67.4 Å². The molecule has 1 saturated heterocycles. The van der Waals surface area contributed by atoms with Crippen LogP contribution in [-0.4, -0.2) is 37.4 Å². The van der Waals surface area contributed by atoms with Gasteiger partial charge in [0.05, 0.1) is 5.39 Å². The number of nitrogens with zero attached hydrogens (tertiary/aromatic N) is 5. The molecular weight excluding hydrogens is 551 g/mol. The Labute approximate surface area is 248 Å². The van der Waals surface area contributed by atoms with Gasteiger partial charge in [-0.15, -0.1) is 0 Å². The minimum absolute atomic E-state index is 0.168. The first-order valence-electron chi connectivity index (χ1n) is 14.3. The van der Waals surface area contributed by atoms with E-state index in [1.165, 1.54) is 18.5 Å². The molecule has 4 heterocycles. The Kier molecular flexibility index (Phi) is 8.43. The van der Waals surface area contributed by atoms with Gasteiger partial charge in [-0.1, -0.05) is 12.1 Å². The third-order valence-electron chi connectivity index (χ3n) is 7.14. The van der Waals surface area contributed by atoms with Crippen LogP contribution in [0, 0.1) is 5.82 Å². The molecule has 3 aromatic heterocycles. The Bertz CT molecular complexity index is 1690. The number of aromatic nitrogens is 5. The molecule has 1 aliphatic rings. The Morgan fingerprint density at radius 1 is 0.977 bits per heavy atom. The maximum atomic E-state index is 14.5. The molecule has 1 unspecified atom stereocenters. The SMILES string of the molecule is CC(C)n1cc(-c2ccc(Oc3cc(F)cc(OCc4cnc(COC5CCCCO5)nc4)c3)cc2)c2c(N)ncnc21. The molecule has 10 nitrogen and oxygen atoms in total. The van der Waals surface area contributed by atoms with Gasteiger partial charge in [-0.25, -0.2) is 24.3 Å². The zero-order valence-electron chi connectivity index (χ0n) is 24.1. The van der Waals surface area contributed by atoms with Crippen LogP contribution in [0.1, 0.15) is 50.5 Å². The smallest absolute Gasteiger partial charge is 0.158 e. The lowest BCUT2D eigenvalue weighted by Crippen LogP contribution is -2.22. The number of anilines is 1. The first-order chi connectivity index (χ1) is 20.9. The largest absolute Gasteiger partial charge is 0.489 e. The van der Waals surface area contributed by atoms with Gasteiger partial charge < -0.3 is 29.2 Å². The van der Waals surface area contributed by atoms with Gasteiger partial charge in [-0.2, -0.15) is 0 Å². The van der Waals surface area contributed by atoms with E-state index >= 15 is 0 Å². The fourth-order valence-corrected chi connectivity index (χ4v) is 4.95. The van der Waals surface area contributed by atoms with Crippen LogP contribution in [0.5, 0.6) is 17.2 Å². The molecule has 11 heteroatoms. The van der Waals surface area contributed by atoms with Gasteiger partial charge in [-0.3, -0.25) is 0 Å². The number of benzene rings is 2. The molecule has 0 saturated carbocycles. The molecule has 6 rings (SSSR count). The maximum Gasteiger partial charge on any atom is 0.158 e. The highest BCUT2D eigenvalue weighted by Gasteiger charge is 2.17. The molecule has 1 atom stereocenters. The zero-order valence-corrected chi connectivity index (χ0v) is 24.1. The summed E-state index contributed by atoms with van der Waals surface area (Å²) in [7, 11) is 0. The van der Waals surface area contributed by atoms with Gasteiger partial charge in [0.15, 0.2) is 12.1 Å². The number of rotatable bonds is 10. The molecule has 0 radical (unpaired) electrons. The third kappa shape index (κ3) is 6.73. The van der Waals surface area contributed by atoms with E-state index in [1.54, 1.807) is 18.5 Å². The number of fused-ring (bicyclic) bond motifs is 1. The molecular formula is C32H33FN6O4. The molecule has 43 heavy (non-hydrogen) atoms. The van der Waals surface area contributed by atoms with Crippen molar-refractivity contribution in [1.82, 2.24) is 24.5 Å². The van der Waals surface area contributed by atoms with Crippen LogP contribution in [-0.2, 0) is 22.7 Å². The molecule has 0 amide bonds. The van der Waals surface area contributed by atoms with Crippen molar-refractivity contribution in [3.05, 3.63) is 84.6 Å². The van der Waals surface area contributed by atoms with Crippen molar-refractivity contribution in [2.24, 2.45) is 0 Å². The highest BCUT2D eigenvalue weighted by Crippen LogP contribution is 2.36. The Morgan fingerprint density at radius 3 is 2.51 bits per heavy atom. The summed E-state index contributed by atoms with van der Waals surface area (Å²) in [5.74, 6) is 1.69. The van der Waals surface area contributed by atoms with Crippen molar-refractivity contribution in [2.45, 2.75) is 58.7 Å². The number of nitrogens with two attached hydrogens (primary N) is 1. The topological polar surface area (TPSA) is 119 Å². The summed E-state index contributed by atoms with van der Waals surface area (Å²) < 4.78 is 39.6. The number of halogens is 1. The predicted octanol–water partition coefficient (Wildman–Crippen LogP) is 6.61. The van der Waals surface area contributed by atoms with Crippen LogP contribution in [0.25, 0.3) is 22.2 Å². The van der Waals surface area contributed by atoms with E-state index < -0.39 is 5.82 Å². The van der Waals surface area contributed by atoms with E-state index in [1.807, 2.05) is 30.5 Å². The summed E-state index contributed by atoms with van der Waals surface area (Å²) in [6.07, 6.45) is 9.69. The average molecular weight is 585 g/mol. The van der Waals surface area contributed by atoms with Crippen LogP contribution in [0.3, 0.4) is 0 Å². The van der Waals surface area contributed by atoms with Crippen molar-refractivity contribution in [3.8, 4) is 28.4 Å². The standard InChI is InChI=1S/C32H33FN6O4/c1-20(2)39-16-27(30-31(34)37-19-38-32(30)39)22-6-8-24(9-7-22)43-26-12-23(33)11-25(13-26)41-17-21-14-35-28(36-15-21)18-42-29-5-3-4-10-40-29/h6-9,11-16,19-20,29H,3-5,10,17-18H2,1-2H3,(H2,34,37,38). The summed E-state index contributed by atoms with van der Waals surface area (Å²) in [6.45, 7) is 5.34. The van der Waals surface area contributed by atoms with Crippen molar-refractivity contribution in [2.75, 3.05) is 12.3 Å². The normalized spacial score (nSPS) is 15.2. The van der Waals surface area contributed by atoms with Gasteiger partial charge in [0, 0.05) is 60.6 Å². The van der Waals surface area contributed by atoms with Gasteiger partial charge in [0.1, 0.15) is 54.1 Å². The lowest BCUT2D eigenvalue weighted by Gasteiger charge is -2.22. The average Bonchev–Trinajstić information content (AvgIpc) is 3.42. The number of ether oxygens (including phenoxy) is 4. The second-order valence-electron chi connectivity index (χ2n) is 10.7. The molecule has 2 aromatic carbocycles. The molecule has 2 N–H and O–H groups in total. The second-order valence-corrected chi connectivity index (χ2v) is 10.7. The number of hydrogen-bond donors (Lipinski definition) is 1. The first kappa shape index (κ1) is 28.5. The summed E-state index contributed by atoms with van der Waals surface area (Å²) in [5, 5.41) is 0.805. The first-order valence-corrected chi connectivity index (χ1v) is 14.3. The Hall–Kier alpha value is -4.61. The summed E-state index contributed by atoms with van der Waals surface area (Å²) in [5.41, 5.74) is 9.61. The minimum Gasteiger partial charge on any atom is -0.489 e. The number of nitrogen functional groups attached to an aromatic ring is 1. The lowest BCUT2D eigenvalue weighted by atomic mass is 10.1. The molecule has 0 aliphatic carbocycles. The van der Waals surface area contributed by atoms with Crippen molar-refractivity contribution in [3.63, 3.8) is 0 Å². The molecule has 1 fully saturated rings. The highest BCUT2D eigenvalue weighted by molar-refractivity contribution is 6.00. The Balaban J connectivity index is 1.09. The van der Waals surface area contributed by atoms with Crippen molar-refractivity contribution < 1.29 is 23.3 Å². The van der Waals surface area contributed by atoms with E-state index in [9.17, 15) is 4.39 Å². The predicted molar refractivity (Wildman–Crippen MR) is 159 cm³/mol. The zero-order chi connectivity index (χ0) is 29.8. The van der Waals surface area contributed by atoms with Crippen LogP contribution >= 0.6 is 0 Å². The van der Waals surface area contributed by atoms with E-state index in [0.717, 1.165) is 53.6 Å².